The average Bonchev–Trinajstić information content (AvgIpc) is 2.99. The molecule has 0 atom stereocenters. The number of anilines is 1. The van der Waals surface area contributed by atoms with Crippen LogP contribution in [0.2, 0.25) is 5.02 Å². The Balaban J connectivity index is 1.72. The highest BCUT2D eigenvalue weighted by Gasteiger charge is 2.10. The van der Waals surface area contributed by atoms with Gasteiger partial charge in [0.05, 0.1) is 5.02 Å². The number of halogens is 2. The summed E-state index contributed by atoms with van der Waals surface area (Å²) in [5, 5.41) is 10.7. The van der Waals surface area contributed by atoms with E-state index in [-0.39, 0.29) is 17.6 Å². The van der Waals surface area contributed by atoms with Crippen molar-refractivity contribution in [3.63, 3.8) is 0 Å². The molecule has 5 nitrogen and oxygen atoms in total. The fourth-order valence-electron chi connectivity index (χ4n) is 1.76. The smallest absolute Gasteiger partial charge is 0.316 e. The third-order valence-corrected chi connectivity index (χ3v) is 3.11. The molecular formula is C14H10ClFN4O. The first-order valence-electron chi connectivity index (χ1n) is 6.14. The molecule has 0 aliphatic rings. The molecule has 3 rings (SSSR count). The molecule has 0 aliphatic heterocycles. The van der Waals surface area contributed by atoms with E-state index in [0.717, 1.165) is 5.56 Å². The van der Waals surface area contributed by atoms with Gasteiger partial charge >= 0.3 is 6.01 Å². The van der Waals surface area contributed by atoms with Crippen LogP contribution >= 0.6 is 11.6 Å². The summed E-state index contributed by atoms with van der Waals surface area (Å²) >= 11 is 5.72. The quantitative estimate of drug-likeness (QED) is 0.798. The molecule has 1 N–H and O–H groups in total. The fraction of sp³-hybridized carbons (Fsp3) is 0.0714. The lowest BCUT2D eigenvalue weighted by Gasteiger charge is -2.04. The van der Waals surface area contributed by atoms with E-state index in [9.17, 15) is 4.39 Å². The van der Waals surface area contributed by atoms with Crippen molar-refractivity contribution in [2.75, 3.05) is 5.32 Å². The van der Waals surface area contributed by atoms with Crippen LogP contribution in [0.3, 0.4) is 0 Å². The zero-order valence-corrected chi connectivity index (χ0v) is 11.5. The largest absolute Gasteiger partial charge is 0.403 e. The minimum absolute atomic E-state index is 0.0808. The van der Waals surface area contributed by atoms with Crippen molar-refractivity contribution in [2.45, 2.75) is 6.54 Å². The summed E-state index contributed by atoms with van der Waals surface area (Å²) in [6, 6.07) is 8.53. The Morgan fingerprint density at radius 3 is 2.76 bits per heavy atom. The molecule has 2 heterocycles. The Kier molecular flexibility index (Phi) is 3.79. The van der Waals surface area contributed by atoms with Crippen molar-refractivity contribution in [1.29, 1.82) is 0 Å². The molecule has 0 spiro atoms. The molecule has 0 saturated heterocycles. The van der Waals surface area contributed by atoms with Gasteiger partial charge in [-0.2, -0.15) is 0 Å². The third kappa shape index (κ3) is 3.00. The Morgan fingerprint density at radius 1 is 1.14 bits per heavy atom. The Bertz CT molecular complexity index is 748. The van der Waals surface area contributed by atoms with Crippen LogP contribution in [-0.2, 0) is 6.54 Å². The molecule has 7 heteroatoms. The van der Waals surface area contributed by atoms with Gasteiger partial charge in [-0.25, -0.2) is 4.39 Å². The number of benzene rings is 1. The second-order valence-electron chi connectivity index (χ2n) is 4.21. The van der Waals surface area contributed by atoms with Crippen molar-refractivity contribution >= 4 is 17.6 Å². The SMILES string of the molecule is Fc1c(Cl)cccc1CNc1nnc(-c2ccncc2)o1. The topological polar surface area (TPSA) is 63.8 Å². The van der Waals surface area contributed by atoms with Crippen LogP contribution in [0, 0.1) is 5.82 Å². The number of pyridine rings is 1. The van der Waals surface area contributed by atoms with E-state index in [2.05, 4.69) is 20.5 Å². The van der Waals surface area contributed by atoms with E-state index in [4.69, 9.17) is 16.0 Å². The molecule has 2 aromatic heterocycles. The van der Waals surface area contributed by atoms with E-state index in [0.29, 0.717) is 11.5 Å². The van der Waals surface area contributed by atoms with Gasteiger partial charge in [0.2, 0.25) is 5.89 Å². The summed E-state index contributed by atoms with van der Waals surface area (Å²) in [4.78, 5) is 3.91. The minimum Gasteiger partial charge on any atom is -0.403 e. The van der Waals surface area contributed by atoms with Crippen LogP contribution in [0.15, 0.2) is 47.1 Å². The first-order chi connectivity index (χ1) is 10.2. The summed E-state index contributed by atoms with van der Waals surface area (Å²) in [6.45, 7) is 0.199. The van der Waals surface area contributed by atoms with Crippen molar-refractivity contribution in [3.05, 3.63) is 59.1 Å². The van der Waals surface area contributed by atoms with Crippen molar-refractivity contribution < 1.29 is 8.81 Å². The number of nitrogens with one attached hydrogen (secondary N) is 1. The molecule has 0 radical (unpaired) electrons. The highest BCUT2D eigenvalue weighted by Crippen LogP contribution is 2.21. The van der Waals surface area contributed by atoms with E-state index in [1.807, 2.05) is 0 Å². The monoisotopic (exact) mass is 304 g/mol. The lowest BCUT2D eigenvalue weighted by atomic mass is 10.2. The van der Waals surface area contributed by atoms with Gasteiger partial charge in [0.25, 0.3) is 0 Å². The number of hydrogen-bond donors (Lipinski definition) is 1. The van der Waals surface area contributed by atoms with Crippen LogP contribution < -0.4 is 5.32 Å². The first-order valence-corrected chi connectivity index (χ1v) is 6.52. The van der Waals surface area contributed by atoms with Gasteiger partial charge < -0.3 is 9.73 Å². The van der Waals surface area contributed by atoms with Crippen LogP contribution in [0.25, 0.3) is 11.5 Å². The van der Waals surface area contributed by atoms with E-state index >= 15 is 0 Å². The molecule has 3 aromatic rings. The second-order valence-corrected chi connectivity index (χ2v) is 4.62. The van der Waals surface area contributed by atoms with Crippen LogP contribution in [0.1, 0.15) is 5.56 Å². The molecule has 1 aromatic carbocycles. The summed E-state index contributed by atoms with van der Waals surface area (Å²) in [5.74, 6) is -0.0907. The predicted octanol–water partition coefficient (Wildman–Crippen LogP) is 3.54. The molecular weight excluding hydrogens is 295 g/mol. The Labute approximate surface area is 124 Å². The maximum absolute atomic E-state index is 13.7. The lowest BCUT2D eigenvalue weighted by molar-refractivity contribution is 0.576. The highest BCUT2D eigenvalue weighted by atomic mass is 35.5. The van der Waals surface area contributed by atoms with Crippen LogP contribution in [-0.4, -0.2) is 15.2 Å². The summed E-state index contributed by atoms with van der Waals surface area (Å²) < 4.78 is 19.2. The predicted molar refractivity (Wildman–Crippen MR) is 76.3 cm³/mol. The molecule has 21 heavy (non-hydrogen) atoms. The lowest BCUT2D eigenvalue weighted by Crippen LogP contribution is -2.02. The molecule has 0 bridgehead atoms. The number of nitrogens with zero attached hydrogens (tertiary/aromatic N) is 3. The Hall–Kier alpha value is -2.47. The normalized spacial score (nSPS) is 10.6. The number of aromatic nitrogens is 3. The van der Waals surface area contributed by atoms with Gasteiger partial charge in [-0.1, -0.05) is 28.8 Å². The molecule has 0 saturated carbocycles. The first kappa shape index (κ1) is 13.5. The second kappa shape index (κ2) is 5.88. The maximum Gasteiger partial charge on any atom is 0.316 e. The van der Waals surface area contributed by atoms with Gasteiger partial charge in [0, 0.05) is 30.1 Å². The summed E-state index contributed by atoms with van der Waals surface area (Å²) in [6.07, 6.45) is 3.27. The van der Waals surface area contributed by atoms with E-state index in [1.165, 1.54) is 6.07 Å². The maximum atomic E-state index is 13.7. The summed E-state index contributed by atoms with van der Waals surface area (Å²) in [5.41, 5.74) is 1.19. The fourth-order valence-corrected chi connectivity index (χ4v) is 1.96. The number of rotatable bonds is 4. The van der Waals surface area contributed by atoms with Gasteiger partial charge in [0.1, 0.15) is 5.82 Å². The zero-order valence-electron chi connectivity index (χ0n) is 10.8. The van der Waals surface area contributed by atoms with Crippen LogP contribution in [0.5, 0.6) is 0 Å². The van der Waals surface area contributed by atoms with Gasteiger partial charge in [0.15, 0.2) is 0 Å². The summed E-state index contributed by atoms with van der Waals surface area (Å²) in [7, 11) is 0. The van der Waals surface area contributed by atoms with Crippen molar-refractivity contribution in [1.82, 2.24) is 15.2 Å². The Morgan fingerprint density at radius 2 is 1.95 bits per heavy atom. The van der Waals surface area contributed by atoms with E-state index in [1.54, 1.807) is 36.7 Å². The molecule has 0 amide bonds. The van der Waals surface area contributed by atoms with Gasteiger partial charge in [-0.15, -0.1) is 5.10 Å². The molecule has 0 fully saturated rings. The zero-order chi connectivity index (χ0) is 14.7. The van der Waals surface area contributed by atoms with E-state index < -0.39 is 5.82 Å². The van der Waals surface area contributed by atoms with Crippen molar-refractivity contribution in [2.24, 2.45) is 0 Å². The molecule has 106 valence electrons. The van der Waals surface area contributed by atoms with Crippen molar-refractivity contribution in [3.8, 4) is 11.5 Å². The van der Waals surface area contributed by atoms with Gasteiger partial charge in [-0.3, -0.25) is 4.98 Å². The standard InChI is InChI=1S/C14H10ClFN4O/c15-11-3-1-2-10(12(11)16)8-18-14-20-19-13(21-14)9-4-6-17-7-5-9/h1-7H,8H2,(H,18,20). The van der Waals surface area contributed by atoms with Crippen LogP contribution in [0.4, 0.5) is 10.4 Å². The van der Waals surface area contributed by atoms with Gasteiger partial charge in [-0.05, 0) is 18.2 Å². The highest BCUT2D eigenvalue weighted by molar-refractivity contribution is 6.30. The molecule has 0 aliphatic carbocycles. The third-order valence-electron chi connectivity index (χ3n) is 2.81. The average molecular weight is 305 g/mol. The molecule has 0 unspecified atom stereocenters. The number of hydrogen-bond acceptors (Lipinski definition) is 5. The minimum atomic E-state index is -0.458.